The number of aromatic hydroxyl groups is 2. The van der Waals surface area contributed by atoms with E-state index in [-0.39, 0.29) is 11.5 Å². The summed E-state index contributed by atoms with van der Waals surface area (Å²) < 4.78 is 0. The number of benzene rings is 1. The molecule has 2 N–H and O–H groups in total. The van der Waals surface area contributed by atoms with Gasteiger partial charge in [0.25, 0.3) is 0 Å². The van der Waals surface area contributed by atoms with Gasteiger partial charge in [-0.3, -0.25) is 0 Å². The summed E-state index contributed by atoms with van der Waals surface area (Å²) in [6.45, 7) is 6.24. The third-order valence-electron chi connectivity index (χ3n) is 3.95. The van der Waals surface area contributed by atoms with Crippen LogP contribution in [0.3, 0.4) is 0 Å². The van der Waals surface area contributed by atoms with Crippen molar-refractivity contribution < 1.29 is 10.2 Å². The van der Waals surface area contributed by atoms with Gasteiger partial charge >= 0.3 is 0 Å². The molecule has 0 aliphatic rings. The molecule has 0 aliphatic heterocycles. The fourth-order valence-electron chi connectivity index (χ4n) is 2.51. The molecular weight excluding hydrogens is 330 g/mol. The zero-order valence-corrected chi connectivity index (χ0v) is 15.7. The van der Waals surface area contributed by atoms with Gasteiger partial charge in [-0.25, -0.2) is 0 Å². The average Bonchev–Trinajstić information content (AvgIpc) is 3.02. The van der Waals surface area contributed by atoms with Crippen molar-refractivity contribution in [3.8, 4) is 28.0 Å². The van der Waals surface area contributed by atoms with Gasteiger partial charge in [0, 0.05) is 10.4 Å². The van der Waals surface area contributed by atoms with E-state index in [1.165, 1.54) is 22.5 Å². The van der Waals surface area contributed by atoms with Gasteiger partial charge < -0.3 is 10.2 Å². The molecule has 25 heavy (non-hydrogen) atoms. The first-order valence-corrected chi connectivity index (χ1v) is 9.06. The average molecular weight is 353 g/mol. The van der Waals surface area contributed by atoms with Gasteiger partial charge in [0.2, 0.25) is 0 Å². The van der Waals surface area contributed by atoms with E-state index in [9.17, 15) is 10.2 Å². The molecule has 0 unspecified atom stereocenters. The fourth-order valence-corrected chi connectivity index (χ4v) is 3.30. The number of allylic oxidation sites excluding steroid dienone is 4. The highest BCUT2D eigenvalue weighted by molar-refractivity contribution is 7.16. The molecule has 0 fully saturated rings. The van der Waals surface area contributed by atoms with Crippen molar-refractivity contribution in [1.82, 2.24) is 0 Å². The van der Waals surface area contributed by atoms with Crippen LogP contribution in [0.4, 0.5) is 0 Å². The van der Waals surface area contributed by atoms with E-state index in [0.29, 0.717) is 16.9 Å². The second kappa shape index (κ2) is 8.55. The zero-order chi connectivity index (χ0) is 18.4. The van der Waals surface area contributed by atoms with Crippen molar-refractivity contribution in [1.29, 1.82) is 5.26 Å². The van der Waals surface area contributed by atoms with Crippen molar-refractivity contribution in [2.24, 2.45) is 0 Å². The molecule has 0 saturated carbocycles. The molecule has 0 spiro atoms. The summed E-state index contributed by atoms with van der Waals surface area (Å²) >= 11 is 1.34. The Bertz CT molecular complexity index is 826. The van der Waals surface area contributed by atoms with Gasteiger partial charge in [-0.15, -0.1) is 11.3 Å². The van der Waals surface area contributed by atoms with Crippen molar-refractivity contribution in [2.45, 2.75) is 40.0 Å². The molecule has 130 valence electrons. The van der Waals surface area contributed by atoms with Gasteiger partial charge in [0.1, 0.15) is 22.4 Å². The Kier molecular flexibility index (Phi) is 6.44. The molecule has 1 aromatic carbocycles. The Morgan fingerprint density at radius 2 is 1.80 bits per heavy atom. The molecule has 3 nitrogen and oxygen atoms in total. The second-order valence-electron chi connectivity index (χ2n) is 6.34. The smallest absolute Gasteiger partial charge is 0.123 e. The summed E-state index contributed by atoms with van der Waals surface area (Å²) in [5, 5.41) is 29.5. The molecule has 1 heterocycles. The quantitative estimate of drug-likeness (QED) is 0.632. The molecule has 4 heteroatoms. The Balaban J connectivity index is 2.15. The highest BCUT2D eigenvalue weighted by Gasteiger charge is 2.11. The number of phenols is 2. The largest absolute Gasteiger partial charge is 0.507 e. The molecule has 2 aromatic rings. The van der Waals surface area contributed by atoms with Crippen molar-refractivity contribution in [3.05, 3.63) is 58.0 Å². The molecule has 0 amide bonds. The molecule has 0 aliphatic carbocycles. The summed E-state index contributed by atoms with van der Waals surface area (Å²) in [5.41, 5.74) is 3.79. The van der Waals surface area contributed by atoms with Gasteiger partial charge in [0.05, 0.1) is 0 Å². The summed E-state index contributed by atoms with van der Waals surface area (Å²) in [6.07, 6.45) is 6.72. The van der Waals surface area contributed by atoms with Crippen LogP contribution in [0.2, 0.25) is 0 Å². The topological polar surface area (TPSA) is 64.2 Å². The van der Waals surface area contributed by atoms with E-state index in [0.717, 1.165) is 23.3 Å². The molecule has 0 atom stereocenters. The second-order valence-corrected chi connectivity index (χ2v) is 7.43. The summed E-state index contributed by atoms with van der Waals surface area (Å²) in [5.74, 6) is 0.158. The predicted molar refractivity (Wildman–Crippen MR) is 104 cm³/mol. The predicted octanol–water partition coefficient (Wildman–Crippen LogP) is 5.93. The molecule has 1 aromatic heterocycles. The standard InChI is InChI=1S/C21H23NO2S/c1-14(2)5-4-6-15(3)7-9-18-19(23)11-16(12-20(18)24)21-10-8-17(13-22)25-21/h5,7-8,10-12,23-24H,4,6,9H2,1-3H3/b15-7+. The first kappa shape index (κ1) is 18.8. The fraction of sp³-hybridized carbons (Fsp3) is 0.286. The van der Waals surface area contributed by atoms with Crippen LogP contribution >= 0.6 is 11.3 Å². The van der Waals surface area contributed by atoms with Crippen LogP contribution in [0.1, 0.15) is 44.1 Å². The maximum absolute atomic E-state index is 10.3. The van der Waals surface area contributed by atoms with Crippen LogP contribution in [-0.2, 0) is 6.42 Å². The highest BCUT2D eigenvalue weighted by atomic mass is 32.1. The Morgan fingerprint density at radius 1 is 1.12 bits per heavy atom. The number of nitriles is 1. The Labute approximate surface area is 153 Å². The summed E-state index contributed by atoms with van der Waals surface area (Å²) in [4.78, 5) is 1.45. The van der Waals surface area contributed by atoms with E-state index < -0.39 is 0 Å². The number of hydrogen-bond acceptors (Lipinski definition) is 4. The first-order valence-electron chi connectivity index (χ1n) is 8.25. The van der Waals surface area contributed by atoms with Crippen LogP contribution in [0.25, 0.3) is 10.4 Å². The normalized spacial score (nSPS) is 11.2. The lowest BCUT2D eigenvalue weighted by Crippen LogP contribution is -1.88. The lowest BCUT2D eigenvalue weighted by atomic mass is 10.0. The molecule has 0 bridgehead atoms. The van der Waals surface area contributed by atoms with Crippen LogP contribution in [0.15, 0.2) is 47.6 Å². The van der Waals surface area contributed by atoms with E-state index in [1.54, 1.807) is 18.2 Å². The lowest BCUT2D eigenvalue weighted by Gasteiger charge is -2.08. The first-order chi connectivity index (χ1) is 11.9. The van der Waals surface area contributed by atoms with Crippen molar-refractivity contribution in [3.63, 3.8) is 0 Å². The SMILES string of the molecule is CC(C)=CCC/C(C)=C/Cc1c(O)cc(-c2ccc(C#N)s2)cc1O. The van der Waals surface area contributed by atoms with Crippen LogP contribution in [0.5, 0.6) is 11.5 Å². The van der Waals surface area contributed by atoms with Crippen molar-refractivity contribution in [2.75, 3.05) is 0 Å². The number of thiophene rings is 1. The number of hydrogen-bond donors (Lipinski definition) is 2. The maximum atomic E-state index is 10.3. The monoisotopic (exact) mass is 353 g/mol. The summed E-state index contributed by atoms with van der Waals surface area (Å²) in [7, 11) is 0. The molecule has 0 saturated heterocycles. The number of nitrogens with zero attached hydrogens (tertiary/aromatic N) is 1. The van der Waals surface area contributed by atoms with Gasteiger partial charge in [-0.05, 0) is 69.9 Å². The van der Waals surface area contributed by atoms with E-state index in [1.807, 2.05) is 12.1 Å². The summed E-state index contributed by atoms with van der Waals surface area (Å²) in [6, 6.07) is 8.95. The van der Waals surface area contributed by atoms with E-state index >= 15 is 0 Å². The van der Waals surface area contributed by atoms with Gasteiger partial charge in [-0.2, -0.15) is 5.26 Å². The third kappa shape index (κ3) is 5.23. The third-order valence-corrected chi connectivity index (χ3v) is 4.99. The molecule has 2 rings (SSSR count). The van der Waals surface area contributed by atoms with E-state index in [2.05, 4.69) is 32.9 Å². The Morgan fingerprint density at radius 3 is 2.36 bits per heavy atom. The van der Waals surface area contributed by atoms with Crippen LogP contribution in [-0.4, -0.2) is 10.2 Å². The van der Waals surface area contributed by atoms with Gasteiger partial charge in [-0.1, -0.05) is 23.3 Å². The highest BCUT2D eigenvalue weighted by Crippen LogP contribution is 2.37. The molecular formula is C21H23NO2S. The molecule has 0 radical (unpaired) electrons. The lowest BCUT2D eigenvalue weighted by molar-refractivity contribution is 0.441. The van der Waals surface area contributed by atoms with Gasteiger partial charge in [0.15, 0.2) is 0 Å². The minimum absolute atomic E-state index is 0.0789. The van der Waals surface area contributed by atoms with Crippen LogP contribution in [0, 0.1) is 11.3 Å². The van der Waals surface area contributed by atoms with Crippen molar-refractivity contribution >= 4 is 11.3 Å². The minimum Gasteiger partial charge on any atom is -0.507 e. The van der Waals surface area contributed by atoms with E-state index in [4.69, 9.17) is 5.26 Å². The minimum atomic E-state index is 0.0789. The number of rotatable bonds is 6. The van der Waals surface area contributed by atoms with Crippen LogP contribution < -0.4 is 0 Å². The Hall–Kier alpha value is -2.51. The maximum Gasteiger partial charge on any atom is 0.123 e. The zero-order valence-electron chi connectivity index (χ0n) is 14.8. The number of phenolic OH excluding ortho intramolecular Hbond substituents is 2.